The Kier molecular flexibility index (Phi) is 3.45. The molecular weight excluding hydrogens is 346 g/mol. The maximum absolute atomic E-state index is 13.8. The van der Waals surface area contributed by atoms with Crippen LogP contribution in [-0.2, 0) is 0 Å². The van der Waals surface area contributed by atoms with Crippen molar-refractivity contribution in [1.29, 1.82) is 0 Å². The molecule has 0 bridgehead atoms. The predicted molar refractivity (Wildman–Crippen MR) is 74.2 cm³/mol. The Bertz CT molecular complexity index is 741. The Morgan fingerprint density at radius 2 is 1.77 bits per heavy atom. The van der Waals surface area contributed by atoms with Gasteiger partial charge in [0.25, 0.3) is 0 Å². The summed E-state index contributed by atoms with van der Waals surface area (Å²) in [6, 6.07) is 4.71. The summed E-state index contributed by atoms with van der Waals surface area (Å²) in [4.78, 5) is 1.56. The number of allylic oxidation sites excluding steroid dienone is 2. The third-order valence-electron chi connectivity index (χ3n) is 3.55. The molecule has 2 heterocycles. The van der Waals surface area contributed by atoms with Gasteiger partial charge in [-0.2, -0.15) is 17.6 Å². The van der Waals surface area contributed by atoms with Gasteiger partial charge in [-0.15, -0.1) is 22.7 Å². The Balaban J connectivity index is 2.12. The van der Waals surface area contributed by atoms with Crippen molar-refractivity contribution in [2.24, 2.45) is 0 Å². The number of hydrogen-bond acceptors (Lipinski definition) is 2. The van der Waals surface area contributed by atoms with Crippen LogP contribution in [0.4, 0.5) is 26.3 Å². The first-order valence-electron chi connectivity index (χ1n) is 6.13. The molecule has 1 aliphatic carbocycles. The minimum atomic E-state index is -5.13. The van der Waals surface area contributed by atoms with Crippen LogP contribution in [0.15, 0.2) is 35.2 Å². The summed E-state index contributed by atoms with van der Waals surface area (Å²) in [5.41, 5.74) is -0.303. The van der Waals surface area contributed by atoms with Crippen molar-refractivity contribution in [3.05, 3.63) is 45.7 Å². The predicted octanol–water partition coefficient (Wildman–Crippen LogP) is 6.30. The number of aryl methyl sites for hydroxylation is 1. The van der Waals surface area contributed by atoms with Crippen LogP contribution in [0, 0.1) is 6.92 Å². The molecule has 0 nitrogen and oxygen atoms in total. The second kappa shape index (κ2) is 4.86. The van der Waals surface area contributed by atoms with Crippen molar-refractivity contribution in [3.63, 3.8) is 0 Å². The Morgan fingerprint density at radius 3 is 2.27 bits per heavy atom. The van der Waals surface area contributed by atoms with E-state index in [1.807, 2.05) is 0 Å². The van der Waals surface area contributed by atoms with E-state index in [4.69, 9.17) is 0 Å². The molecule has 0 N–H and O–H groups in total. The van der Waals surface area contributed by atoms with Gasteiger partial charge in [0.1, 0.15) is 5.92 Å². The SMILES string of the molecule is Cc1sc(-c2cccs2)cc1C1C(F)=C(F)C(F)(F)C1(F)F. The zero-order chi connectivity index (χ0) is 16.3. The summed E-state index contributed by atoms with van der Waals surface area (Å²) < 4.78 is 81.2. The van der Waals surface area contributed by atoms with Crippen molar-refractivity contribution >= 4 is 22.7 Å². The highest BCUT2D eigenvalue weighted by Gasteiger charge is 2.72. The summed E-state index contributed by atoms with van der Waals surface area (Å²) in [6.07, 6.45) is 0. The van der Waals surface area contributed by atoms with Crippen LogP contribution in [0.5, 0.6) is 0 Å². The molecule has 0 saturated heterocycles. The fourth-order valence-corrected chi connectivity index (χ4v) is 4.30. The van der Waals surface area contributed by atoms with E-state index >= 15 is 0 Å². The molecule has 118 valence electrons. The van der Waals surface area contributed by atoms with Crippen molar-refractivity contribution in [1.82, 2.24) is 0 Å². The van der Waals surface area contributed by atoms with Gasteiger partial charge in [0, 0.05) is 14.6 Å². The maximum Gasteiger partial charge on any atom is 0.364 e. The maximum atomic E-state index is 13.8. The molecular formula is C14H8F6S2. The Morgan fingerprint density at radius 1 is 1.09 bits per heavy atom. The van der Waals surface area contributed by atoms with Crippen molar-refractivity contribution in [2.45, 2.75) is 24.7 Å². The zero-order valence-corrected chi connectivity index (χ0v) is 12.6. The summed E-state index contributed by atoms with van der Waals surface area (Å²) in [7, 11) is 0. The molecule has 1 aliphatic rings. The summed E-state index contributed by atoms with van der Waals surface area (Å²) in [6.45, 7) is 1.43. The van der Waals surface area contributed by atoms with Gasteiger partial charge < -0.3 is 0 Å². The molecule has 3 rings (SSSR count). The van der Waals surface area contributed by atoms with E-state index in [2.05, 4.69) is 0 Å². The highest BCUT2D eigenvalue weighted by atomic mass is 32.1. The first kappa shape index (κ1) is 15.6. The third-order valence-corrected chi connectivity index (χ3v) is 5.68. The highest BCUT2D eigenvalue weighted by molar-refractivity contribution is 7.21. The first-order valence-corrected chi connectivity index (χ1v) is 7.83. The second-order valence-electron chi connectivity index (χ2n) is 4.89. The van der Waals surface area contributed by atoms with E-state index in [1.165, 1.54) is 24.3 Å². The highest BCUT2D eigenvalue weighted by Crippen LogP contribution is 2.60. The van der Waals surface area contributed by atoms with Gasteiger partial charge in [0.2, 0.25) is 5.83 Å². The van der Waals surface area contributed by atoms with Gasteiger partial charge in [0.05, 0.1) is 0 Å². The van der Waals surface area contributed by atoms with E-state index in [0.29, 0.717) is 4.88 Å². The minimum Gasteiger partial charge on any atom is -0.208 e. The largest absolute Gasteiger partial charge is 0.364 e. The standard InChI is InChI=1S/C14H8F6S2/c1-6-7(5-9(22-6)8-3-2-4-21-8)10-11(15)12(16)14(19,20)13(10,17)18/h2-5,10H,1H3. The van der Waals surface area contributed by atoms with Crippen LogP contribution >= 0.6 is 22.7 Å². The van der Waals surface area contributed by atoms with Crippen LogP contribution in [-0.4, -0.2) is 11.8 Å². The minimum absolute atomic E-state index is 0.258. The van der Waals surface area contributed by atoms with Gasteiger partial charge in [-0.25, -0.2) is 8.78 Å². The van der Waals surface area contributed by atoms with Crippen LogP contribution in [0.2, 0.25) is 0 Å². The normalized spacial score (nSPS) is 23.3. The molecule has 2 aromatic rings. The first-order chi connectivity index (χ1) is 10.2. The average Bonchev–Trinajstić information content (AvgIpc) is 3.09. The topological polar surface area (TPSA) is 0 Å². The van der Waals surface area contributed by atoms with Crippen LogP contribution in [0.3, 0.4) is 0 Å². The molecule has 8 heteroatoms. The summed E-state index contributed by atoms with van der Waals surface area (Å²) in [5.74, 6) is -17.3. The number of hydrogen-bond donors (Lipinski definition) is 0. The molecule has 0 saturated carbocycles. The zero-order valence-electron chi connectivity index (χ0n) is 11.0. The molecule has 0 fully saturated rings. The molecule has 22 heavy (non-hydrogen) atoms. The lowest BCUT2D eigenvalue weighted by atomic mass is 9.94. The van der Waals surface area contributed by atoms with Crippen LogP contribution < -0.4 is 0 Å². The van der Waals surface area contributed by atoms with Crippen LogP contribution in [0.25, 0.3) is 9.75 Å². The number of halogens is 6. The molecule has 0 aliphatic heterocycles. The molecule has 1 unspecified atom stereocenters. The Hall–Kier alpha value is -1.28. The lowest BCUT2D eigenvalue weighted by Gasteiger charge is -2.24. The van der Waals surface area contributed by atoms with Crippen LogP contribution in [0.1, 0.15) is 16.4 Å². The van der Waals surface area contributed by atoms with Crippen molar-refractivity contribution in [2.75, 3.05) is 0 Å². The smallest absolute Gasteiger partial charge is 0.208 e. The number of rotatable bonds is 2. The third kappa shape index (κ3) is 1.96. The fourth-order valence-electron chi connectivity index (χ4n) is 2.42. The van der Waals surface area contributed by atoms with Gasteiger partial charge in [0.15, 0.2) is 5.83 Å². The van der Waals surface area contributed by atoms with Gasteiger partial charge in [-0.3, -0.25) is 0 Å². The molecule has 0 radical (unpaired) electrons. The van der Waals surface area contributed by atoms with Gasteiger partial charge >= 0.3 is 11.8 Å². The van der Waals surface area contributed by atoms with Gasteiger partial charge in [-0.05, 0) is 30.0 Å². The average molecular weight is 354 g/mol. The fraction of sp³-hybridized carbons (Fsp3) is 0.286. The number of alkyl halides is 4. The number of thiophene rings is 2. The summed E-state index contributed by atoms with van der Waals surface area (Å²) >= 11 is 2.42. The lowest BCUT2D eigenvalue weighted by Crippen LogP contribution is -2.40. The molecule has 0 spiro atoms. The summed E-state index contributed by atoms with van der Waals surface area (Å²) in [5, 5.41) is 1.77. The monoisotopic (exact) mass is 354 g/mol. The lowest BCUT2D eigenvalue weighted by molar-refractivity contribution is -0.189. The Labute approximate surface area is 129 Å². The molecule has 0 aromatic carbocycles. The van der Waals surface area contributed by atoms with E-state index in [9.17, 15) is 26.3 Å². The van der Waals surface area contributed by atoms with E-state index in [1.54, 1.807) is 17.5 Å². The second-order valence-corrected chi connectivity index (χ2v) is 7.10. The van der Waals surface area contributed by atoms with Crippen molar-refractivity contribution in [3.8, 4) is 9.75 Å². The van der Waals surface area contributed by atoms with E-state index < -0.39 is 29.4 Å². The molecule has 0 amide bonds. The molecule has 2 aromatic heterocycles. The van der Waals surface area contributed by atoms with Gasteiger partial charge in [-0.1, -0.05) is 6.07 Å². The van der Waals surface area contributed by atoms with Crippen molar-refractivity contribution < 1.29 is 26.3 Å². The van der Waals surface area contributed by atoms with E-state index in [0.717, 1.165) is 16.2 Å². The quantitative estimate of drug-likeness (QED) is 0.555. The molecule has 1 atom stereocenters. The van der Waals surface area contributed by atoms with E-state index in [-0.39, 0.29) is 10.4 Å².